The maximum absolute atomic E-state index is 13.2. The fourth-order valence-electron chi connectivity index (χ4n) is 5.16. The van der Waals surface area contributed by atoms with Gasteiger partial charge < -0.3 is 49.8 Å². The number of carbonyl (C=O) groups excluding carboxylic acids is 5. The highest BCUT2D eigenvalue weighted by atomic mass is 35.5. The van der Waals surface area contributed by atoms with E-state index in [0.29, 0.717) is 34.3 Å². The molecule has 18 nitrogen and oxygen atoms in total. The molecule has 0 aliphatic heterocycles. The van der Waals surface area contributed by atoms with E-state index in [0.717, 1.165) is 13.0 Å². The Bertz CT molecular complexity index is 1940. The van der Waals surface area contributed by atoms with Crippen LogP contribution in [0, 0.1) is 4.91 Å². The van der Waals surface area contributed by atoms with Crippen LogP contribution in [0.3, 0.4) is 0 Å². The first kappa shape index (κ1) is 37.9. The minimum Gasteiger partial charge on any atom is -0.351 e. The molecule has 4 aromatic heterocycles. The number of aromatic nitrogens is 4. The van der Waals surface area contributed by atoms with Crippen LogP contribution in [-0.2, 0) is 28.2 Å². The van der Waals surface area contributed by atoms with Gasteiger partial charge in [0.05, 0.1) is 34.6 Å². The molecule has 0 spiro atoms. The standard InChI is InChI=1S/C32H41ClN12O6/c1-40(2)10-7-9-34-28(46)24-12-20(16-41(24)3)35-29(47)25-13-21(17-42(25)4)36-30(48)26-14-22(18-43(26)5)37-31(49)27-15-23(19-44(27)6)38-32(50)45(39-51)11-8-33/h12-19H,7-11H2,1-6H3,(H,34,46)(H,35,47)(H,36,48)(H,37,49)(H,38,50). The number of hydrogen-bond acceptors (Lipinski definition) is 8. The molecule has 0 aromatic carbocycles. The van der Waals surface area contributed by atoms with E-state index >= 15 is 0 Å². The molecule has 0 bridgehead atoms. The Morgan fingerprint density at radius 1 is 0.627 bits per heavy atom. The van der Waals surface area contributed by atoms with Gasteiger partial charge in [-0.2, -0.15) is 5.01 Å². The molecule has 0 aliphatic rings. The van der Waals surface area contributed by atoms with Crippen molar-refractivity contribution in [2.75, 3.05) is 60.9 Å². The van der Waals surface area contributed by atoms with Crippen LogP contribution in [0.25, 0.3) is 0 Å². The predicted molar refractivity (Wildman–Crippen MR) is 193 cm³/mol. The Morgan fingerprint density at radius 3 is 1.35 bits per heavy atom. The van der Waals surface area contributed by atoms with E-state index in [1.165, 1.54) is 33.5 Å². The van der Waals surface area contributed by atoms with Crippen molar-refractivity contribution in [3.63, 3.8) is 0 Å². The summed E-state index contributed by atoms with van der Waals surface area (Å²) >= 11 is 5.59. The Labute approximate surface area is 298 Å². The molecule has 51 heavy (non-hydrogen) atoms. The summed E-state index contributed by atoms with van der Waals surface area (Å²) in [7, 11) is 10.5. The maximum Gasteiger partial charge on any atom is 0.344 e. The van der Waals surface area contributed by atoms with E-state index in [2.05, 4.69) is 31.9 Å². The van der Waals surface area contributed by atoms with Gasteiger partial charge in [0.15, 0.2) is 0 Å². The van der Waals surface area contributed by atoms with Gasteiger partial charge in [0.1, 0.15) is 22.8 Å². The van der Waals surface area contributed by atoms with Crippen LogP contribution in [0.2, 0.25) is 0 Å². The van der Waals surface area contributed by atoms with E-state index in [1.807, 2.05) is 19.0 Å². The monoisotopic (exact) mass is 724 g/mol. The second-order valence-electron chi connectivity index (χ2n) is 12.0. The number of alkyl halides is 1. The predicted octanol–water partition coefficient (Wildman–Crippen LogP) is 3.23. The number of hydrogen-bond donors (Lipinski definition) is 5. The van der Waals surface area contributed by atoms with E-state index < -0.39 is 23.8 Å². The zero-order chi connectivity index (χ0) is 37.4. The first-order chi connectivity index (χ1) is 24.2. The summed E-state index contributed by atoms with van der Waals surface area (Å²) in [6.45, 7) is 1.28. The van der Waals surface area contributed by atoms with Gasteiger partial charge >= 0.3 is 6.03 Å². The van der Waals surface area contributed by atoms with Crippen molar-refractivity contribution >= 4 is 64.0 Å². The molecule has 6 amide bonds. The summed E-state index contributed by atoms with van der Waals surface area (Å²) in [4.78, 5) is 77.2. The van der Waals surface area contributed by atoms with Crippen LogP contribution < -0.4 is 26.6 Å². The molecule has 0 fully saturated rings. The third-order valence-corrected chi connectivity index (χ3v) is 7.84. The van der Waals surface area contributed by atoms with Crippen LogP contribution in [0.4, 0.5) is 27.5 Å². The first-order valence-electron chi connectivity index (χ1n) is 15.7. The summed E-state index contributed by atoms with van der Waals surface area (Å²) in [6.07, 6.45) is 7.07. The van der Waals surface area contributed by atoms with E-state index in [9.17, 15) is 28.9 Å². The zero-order valence-electron chi connectivity index (χ0n) is 29.1. The number of halogens is 1. The number of anilines is 4. The van der Waals surface area contributed by atoms with Gasteiger partial charge in [-0.1, -0.05) is 0 Å². The van der Waals surface area contributed by atoms with Crippen LogP contribution in [0.5, 0.6) is 0 Å². The lowest BCUT2D eigenvalue weighted by molar-refractivity contribution is 0.0942. The van der Waals surface area contributed by atoms with Crippen LogP contribution in [-0.4, -0.2) is 97.4 Å². The lowest BCUT2D eigenvalue weighted by Gasteiger charge is -2.11. The molecule has 19 heteroatoms. The Hall–Kier alpha value is -5.88. The minimum atomic E-state index is -0.800. The molecule has 4 aromatic rings. The molecule has 5 N–H and O–H groups in total. The lowest BCUT2D eigenvalue weighted by atomic mass is 10.3. The van der Waals surface area contributed by atoms with Crippen molar-refractivity contribution < 1.29 is 24.0 Å². The first-order valence-corrected chi connectivity index (χ1v) is 16.2. The van der Waals surface area contributed by atoms with Gasteiger partial charge in [0.2, 0.25) is 0 Å². The third kappa shape index (κ3) is 9.64. The molecule has 4 rings (SSSR count). The zero-order valence-corrected chi connectivity index (χ0v) is 29.9. The average molecular weight is 725 g/mol. The molecule has 0 atom stereocenters. The lowest BCUT2D eigenvalue weighted by Crippen LogP contribution is -2.31. The van der Waals surface area contributed by atoms with Crippen molar-refractivity contribution in [2.45, 2.75) is 6.42 Å². The molecule has 0 saturated carbocycles. The highest BCUT2D eigenvalue weighted by Crippen LogP contribution is 2.21. The summed E-state index contributed by atoms with van der Waals surface area (Å²) in [5.41, 5.74) is 2.44. The highest BCUT2D eigenvalue weighted by molar-refractivity contribution is 6.18. The number of carbonyl (C=O) groups is 5. The average Bonchev–Trinajstić information content (AvgIpc) is 3.82. The number of nitrogens with one attached hydrogen (secondary N) is 5. The SMILES string of the molecule is CN(C)CCCNC(=O)c1cc(NC(=O)c2cc(NC(=O)c3cc(NC(=O)c4cc(NC(=O)N(CCCl)N=O)cn4C)cn3C)cn2C)cn1C. The van der Waals surface area contributed by atoms with Crippen LogP contribution in [0.15, 0.2) is 54.3 Å². The second-order valence-corrected chi connectivity index (χ2v) is 12.4. The molecule has 272 valence electrons. The van der Waals surface area contributed by atoms with Gasteiger partial charge in [-0.15, -0.1) is 16.5 Å². The number of amides is 6. The number of rotatable bonds is 15. The normalized spacial score (nSPS) is 10.9. The molecule has 0 radical (unpaired) electrons. The molecule has 0 unspecified atom stereocenters. The van der Waals surface area contributed by atoms with Gasteiger partial charge in [0, 0.05) is 65.4 Å². The topological polar surface area (TPSA) is 201 Å². The van der Waals surface area contributed by atoms with Crippen molar-refractivity contribution in [1.82, 2.24) is 33.5 Å². The van der Waals surface area contributed by atoms with E-state index in [4.69, 9.17) is 11.6 Å². The summed E-state index contributed by atoms with van der Waals surface area (Å²) in [5.74, 6) is -1.69. The smallest absolute Gasteiger partial charge is 0.344 e. The quantitative estimate of drug-likeness (QED) is 0.0536. The number of nitroso groups, excluding NO2 is 1. The van der Waals surface area contributed by atoms with E-state index in [-0.39, 0.29) is 41.1 Å². The molecule has 0 saturated heterocycles. The molecule has 4 heterocycles. The molecule has 0 aliphatic carbocycles. The third-order valence-electron chi connectivity index (χ3n) is 7.67. The number of nitrogens with zero attached hydrogens (tertiary/aromatic N) is 7. The molecular weight excluding hydrogens is 684 g/mol. The number of urea groups is 1. The summed E-state index contributed by atoms with van der Waals surface area (Å²) in [5, 5.41) is 16.9. The summed E-state index contributed by atoms with van der Waals surface area (Å²) in [6, 6.07) is 5.21. The van der Waals surface area contributed by atoms with Crippen molar-refractivity contribution in [3.8, 4) is 0 Å². The Kier molecular flexibility index (Phi) is 12.4. The fraction of sp³-hybridized carbons (Fsp3) is 0.344. The largest absolute Gasteiger partial charge is 0.351 e. The maximum atomic E-state index is 13.2. The Balaban J connectivity index is 1.36. The second kappa shape index (κ2) is 16.7. The number of aryl methyl sites for hydroxylation is 4. The fourth-order valence-corrected chi connectivity index (χ4v) is 5.32. The summed E-state index contributed by atoms with van der Waals surface area (Å²) < 4.78 is 6.20. The van der Waals surface area contributed by atoms with Gasteiger partial charge in [-0.25, -0.2) is 4.79 Å². The highest BCUT2D eigenvalue weighted by Gasteiger charge is 2.21. The van der Waals surface area contributed by atoms with Crippen LogP contribution >= 0.6 is 11.6 Å². The van der Waals surface area contributed by atoms with Crippen molar-refractivity contribution in [3.05, 3.63) is 76.7 Å². The van der Waals surface area contributed by atoms with Crippen LogP contribution in [0.1, 0.15) is 48.4 Å². The van der Waals surface area contributed by atoms with Crippen molar-refractivity contribution in [1.29, 1.82) is 0 Å². The Morgan fingerprint density at radius 2 is 1.00 bits per heavy atom. The van der Waals surface area contributed by atoms with E-state index in [1.54, 1.807) is 62.0 Å². The van der Waals surface area contributed by atoms with Gasteiger partial charge in [-0.3, -0.25) is 19.2 Å². The van der Waals surface area contributed by atoms with Gasteiger partial charge in [-0.05, 0) is 51.3 Å². The van der Waals surface area contributed by atoms with Crippen molar-refractivity contribution in [2.24, 2.45) is 33.5 Å². The molecular formula is C32H41ClN12O6. The minimum absolute atomic E-state index is 0.0130. The van der Waals surface area contributed by atoms with Gasteiger partial charge in [0.25, 0.3) is 23.6 Å².